The molecular formula is C22H25N5O3. The fourth-order valence-corrected chi connectivity index (χ4v) is 4.34. The molecule has 2 N–H and O–H groups in total. The van der Waals surface area contributed by atoms with Crippen molar-refractivity contribution < 1.29 is 14.3 Å². The lowest BCUT2D eigenvalue weighted by Gasteiger charge is -2.33. The highest BCUT2D eigenvalue weighted by atomic mass is 16.6. The summed E-state index contributed by atoms with van der Waals surface area (Å²) in [6, 6.07) is 7.71. The van der Waals surface area contributed by atoms with Gasteiger partial charge in [-0.3, -0.25) is 4.79 Å². The summed E-state index contributed by atoms with van der Waals surface area (Å²) in [6.45, 7) is 3.14. The van der Waals surface area contributed by atoms with E-state index in [2.05, 4.69) is 25.2 Å². The molecule has 1 unspecified atom stereocenters. The Kier molecular flexibility index (Phi) is 5.13. The zero-order valence-electron chi connectivity index (χ0n) is 16.8. The Morgan fingerprint density at radius 1 is 1.23 bits per heavy atom. The number of hydrogen-bond acceptors (Lipinski definition) is 7. The van der Waals surface area contributed by atoms with E-state index >= 15 is 0 Å². The minimum absolute atomic E-state index is 0.200. The summed E-state index contributed by atoms with van der Waals surface area (Å²) < 4.78 is 11.3. The van der Waals surface area contributed by atoms with E-state index in [0.29, 0.717) is 31.3 Å². The van der Waals surface area contributed by atoms with Crippen molar-refractivity contribution in [1.29, 1.82) is 0 Å². The highest BCUT2D eigenvalue weighted by Crippen LogP contribution is 2.37. The number of nitrogens with zero attached hydrogens (tertiary/aromatic N) is 3. The number of aromatic nitrogens is 3. The van der Waals surface area contributed by atoms with Gasteiger partial charge in [-0.05, 0) is 37.0 Å². The highest BCUT2D eigenvalue weighted by molar-refractivity contribution is 5.87. The topological polar surface area (TPSA) is 92.4 Å². The van der Waals surface area contributed by atoms with Crippen LogP contribution >= 0.6 is 0 Å². The Morgan fingerprint density at radius 3 is 3.13 bits per heavy atom. The number of carbonyl (C=O) groups excluding carboxylic acids is 1. The van der Waals surface area contributed by atoms with Crippen molar-refractivity contribution in [3.8, 4) is 11.5 Å². The number of hydrogen-bond donors (Lipinski definition) is 2. The van der Waals surface area contributed by atoms with Gasteiger partial charge >= 0.3 is 0 Å². The lowest BCUT2D eigenvalue weighted by atomic mass is 9.92. The van der Waals surface area contributed by atoms with Gasteiger partial charge in [-0.2, -0.15) is 0 Å². The molecule has 1 atom stereocenters. The summed E-state index contributed by atoms with van der Waals surface area (Å²) in [5, 5.41) is 4.26. The Bertz CT molecular complexity index is 1050. The summed E-state index contributed by atoms with van der Waals surface area (Å²) in [7, 11) is 0. The maximum absolute atomic E-state index is 12.7. The number of Topliss-reactive ketones (excluding diaryl/α,β-unsaturated/α-hetero) is 1. The Morgan fingerprint density at radius 2 is 2.17 bits per heavy atom. The summed E-state index contributed by atoms with van der Waals surface area (Å²) in [6.07, 6.45) is 6.15. The monoisotopic (exact) mass is 407 g/mol. The van der Waals surface area contributed by atoms with Crippen molar-refractivity contribution >= 4 is 28.3 Å². The number of para-hydroxylation sites is 1. The van der Waals surface area contributed by atoms with Crippen LogP contribution in [-0.4, -0.2) is 53.6 Å². The first kappa shape index (κ1) is 18.7. The lowest BCUT2D eigenvalue weighted by molar-refractivity contribution is -0.118. The normalized spacial score (nSPS) is 18.4. The molecule has 0 amide bonds. The van der Waals surface area contributed by atoms with Gasteiger partial charge in [-0.25, -0.2) is 9.97 Å². The third-order valence-corrected chi connectivity index (χ3v) is 5.71. The van der Waals surface area contributed by atoms with Gasteiger partial charge in [-0.1, -0.05) is 6.07 Å². The fourth-order valence-electron chi connectivity index (χ4n) is 4.34. The van der Waals surface area contributed by atoms with Crippen molar-refractivity contribution in [3.05, 3.63) is 36.8 Å². The first-order valence-electron chi connectivity index (χ1n) is 10.4. The third-order valence-electron chi connectivity index (χ3n) is 5.71. The van der Waals surface area contributed by atoms with Gasteiger partial charge in [0, 0.05) is 25.7 Å². The van der Waals surface area contributed by atoms with Crippen molar-refractivity contribution in [2.75, 3.05) is 43.1 Å². The van der Waals surface area contributed by atoms with Crippen molar-refractivity contribution in [2.24, 2.45) is 5.92 Å². The number of aromatic amines is 1. The number of piperidine rings is 1. The molecule has 5 rings (SSSR count). The van der Waals surface area contributed by atoms with Crippen molar-refractivity contribution in [2.45, 2.75) is 19.3 Å². The number of fused-ring (bicyclic) bond motifs is 2. The molecule has 0 aliphatic carbocycles. The molecule has 0 spiro atoms. The van der Waals surface area contributed by atoms with Crippen molar-refractivity contribution in [3.63, 3.8) is 0 Å². The van der Waals surface area contributed by atoms with E-state index in [1.165, 1.54) is 0 Å². The summed E-state index contributed by atoms with van der Waals surface area (Å²) >= 11 is 0. The SMILES string of the molecule is O=C(CNc1cccc2c1OCCO2)CC1CCCN(c2ncnc3[nH]ccc23)C1. The second-order valence-corrected chi connectivity index (χ2v) is 7.82. The number of ketones is 1. The highest BCUT2D eigenvalue weighted by Gasteiger charge is 2.25. The van der Waals surface area contributed by atoms with Crippen LogP contribution in [0.3, 0.4) is 0 Å². The van der Waals surface area contributed by atoms with Gasteiger partial charge in [0.2, 0.25) is 0 Å². The molecule has 2 aliphatic heterocycles. The second kappa shape index (κ2) is 8.22. The number of carbonyl (C=O) groups is 1. The third kappa shape index (κ3) is 3.77. The molecule has 156 valence electrons. The summed E-state index contributed by atoms with van der Waals surface area (Å²) in [5.74, 6) is 2.89. The van der Waals surface area contributed by atoms with Crippen LogP contribution < -0.4 is 19.7 Å². The molecule has 2 aromatic heterocycles. The van der Waals surface area contributed by atoms with Gasteiger partial charge in [0.1, 0.15) is 31.0 Å². The fraction of sp³-hybridized carbons (Fsp3) is 0.409. The smallest absolute Gasteiger partial charge is 0.184 e. The first-order chi connectivity index (χ1) is 14.8. The van der Waals surface area contributed by atoms with Gasteiger partial charge in [0.15, 0.2) is 17.3 Å². The first-order valence-corrected chi connectivity index (χ1v) is 10.4. The van der Waals surface area contributed by atoms with Gasteiger partial charge < -0.3 is 24.7 Å². The molecule has 8 heteroatoms. The maximum atomic E-state index is 12.7. The van der Waals surface area contributed by atoms with Crippen LogP contribution in [0.15, 0.2) is 36.8 Å². The molecule has 2 aliphatic rings. The molecule has 8 nitrogen and oxygen atoms in total. The van der Waals surface area contributed by atoms with Crippen molar-refractivity contribution in [1.82, 2.24) is 15.0 Å². The Labute approximate surface area is 174 Å². The van der Waals surface area contributed by atoms with E-state index in [9.17, 15) is 4.79 Å². The van der Waals surface area contributed by atoms with Gasteiger partial charge in [0.25, 0.3) is 0 Å². The number of H-pyrrole nitrogens is 1. The molecule has 0 bridgehead atoms. The molecule has 30 heavy (non-hydrogen) atoms. The zero-order chi connectivity index (χ0) is 20.3. The molecule has 3 aromatic rings. The van der Waals surface area contributed by atoms with E-state index in [1.54, 1.807) is 6.33 Å². The van der Waals surface area contributed by atoms with E-state index in [1.807, 2.05) is 30.5 Å². The van der Waals surface area contributed by atoms with Crippen LogP contribution in [0.5, 0.6) is 11.5 Å². The average Bonchev–Trinajstić information content (AvgIpc) is 3.27. The lowest BCUT2D eigenvalue weighted by Crippen LogP contribution is -2.37. The number of ether oxygens (including phenoxy) is 2. The minimum Gasteiger partial charge on any atom is -0.486 e. The number of nitrogens with one attached hydrogen (secondary N) is 2. The van der Waals surface area contributed by atoms with Crippen LogP contribution in [-0.2, 0) is 4.79 Å². The Hall–Kier alpha value is -3.29. The van der Waals surface area contributed by atoms with Crippen LogP contribution in [0.2, 0.25) is 0 Å². The van der Waals surface area contributed by atoms with Crippen LogP contribution in [0.4, 0.5) is 11.5 Å². The average molecular weight is 407 g/mol. The van der Waals surface area contributed by atoms with Crippen LogP contribution in [0.25, 0.3) is 11.0 Å². The molecule has 1 saturated heterocycles. The largest absolute Gasteiger partial charge is 0.486 e. The molecular weight excluding hydrogens is 382 g/mol. The number of benzene rings is 1. The summed E-state index contributed by atoms with van der Waals surface area (Å²) in [5.41, 5.74) is 1.65. The minimum atomic E-state index is 0.200. The van der Waals surface area contributed by atoms with E-state index < -0.39 is 0 Å². The molecule has 4 heterocycles. The predicted molar refractivity (Wildman–Crippen MR) is 114 cm³/mol. The van der Waals surface area contributed by atoms with E-state index in [-0.39, 0.29) is 12.3 Å². The molecule has 1 fully saturated rings. The molecule has 0 radical (unpaired) electrons. The van der Waals surface area contributed by atoms with E-state index in [0.717, 1.165) is 54.2 Å². The number of rotatable bonds is 6. The number of anilines is 2. The Balaban J connectivity index is 1.20. The summed E-state index contributed by atoms with van der Waals surface area (Å²) in [4.78, 5) is 26.9. The quantitative estimate of drug-likeness (QED) is 0.649. The zero-order valence-corrected chi connectivity index (χ0v) is 16.8. The second-order valence-electron chi connectivity index (χ2n) is 7.82. The van der Waals surface area contributed by atoms with Crippen LogP contribution in [0, 0.1) is 5.92 Å². The molecule has 1 aromatic carbocycles. The maximum Gasteiger partial charge on any atom is 0.184 e. The van der Waals surface area contributed by atoms with E-state index in [4.69, 9.17) is 9.47 Å². The van der Waals surface area contributed by atoms with Gasteiger partial charge in [-0.15, -0.1) is 0 Å². The molecule has 0 saturated carbocycles. The predicted octanol–water partition coefficient (Wildman–Crippen LogP) is 3.02. The van der Waals surface area contributed by atoms with Gasteiger partial charge in [0.05, 0.1) is 17.6 Å². The standard InChI is InChI=1S/C22H25N5O3/c28-16(12-24-18-4-1-5-19-20(18)30-10-9-29-19)11-15-3-2-8-27(13-15)22-17-6-7-23-21(17)25-14-26-22/h1,4-7,14-15,24H,2-3,8-13H2,(H,23,25,26). The van der Waals surface area contributed by atoms with Crippen LogP contribution in [0.1, 0.15) is 19.3 Å².